The van der Waals surface area contributed by atoms with Gasteiger partial charge in [0.05, 0.1) is 13.2 Å². The monoisotopic (exact) mass is 261 g/mol. The third kappa shape index (κ3) is 12.4. The largest absolute Gasteiger partial charge is 0.463 e. The van der Waals surface area contributed by atoms with Crippen molar-refractivity contribution in [2.45, 2.75) is 26.2 Å². The zero-order chi connectivity index (χ0) is 13.6. The number of rotatable bonds is 11. The molecule has 0 atom stereocenters. The van der Waals surface area contributed by atoms with Gasteiger partial charge in [-0.15, -0.1) is 10.1 Å². The number of esters is 1. The first-order valence-electron chi connectivity index (χ1n) is 5.78. The van der Waals surface area contributed by atoms with E-state index in [1.807, 2.05) is 19.1 Å². The number of ether oxygens (including phenoxy) is 2. The van der Waals surface area contributed by atoms with Crippen molar-refractivity contribution in [3.8, 4) is 0 Å². The van der Waals surface area contributed by atoms with Crippen molar-refractivity contribution >= 4 is 5.97 Å². The maximum atomic E-state index is 11.2. The van der Waals surface area contributed by atoms with Crippen LogP contribution in [0.3, 0.4) is 0 Å². The highest BCUT2D eigenvalue weighted by molar-refractivity contribution is 5.69. The van der Waals surface area contributed by atoms with Crippen LogP contribution in [-0.4, -0.2) is 37.5 Å². The van der Waals surface area contributed by atoms with E-state index in [0.717, 1.165) is 12.8 Å². The second-order valence-electron chi connectivity index (χ2n) is 3.35. The van der Waals surface area contributed by atoms with Crippen LogP contribution in [0.5, 0.6) is 0 Å². The van der Waals surface area contributed by atoms with E-state index in [9.17, 15) is 14.9 Å². The Morgan fingerprint density at radius 2 is 2.00 bits per heavy atom. The molecule has 0 aromatic carbocycles. The minimum atomic E-state index is -0.881. The highest BCUT2D eigenvalue weighted by atomic mass is 17.0. The van der Waals surface area contributed by atoms with Gasteiger partial charge >= 0.3 is 5.97 Å². The van der Waals surface area contributed by atoms with Gasteiger partial charge in [-0.25, -0.2) is 0 Å². The molecule has 0 saturated carbocycles. The molecule has 0 fully saturated rings. The van der Waals surface area contributed by atoms with Gasteiger partial charge < -0.3 is 14.3 Å². The molecule has 104 valence electrons. The summed E-state index contributed by atoms with van der Waals surface area (Å²) in [6.45, 7) is 2.27. The summed E-state index contributed by atoms with van der Waals surface area (Å²) in [5.74, 6) is -0.260. The molecule has 0 radical (unpaired) electrons. The summed E-state index contributed by atoms with van der Waals surface area (Å²) in [5, 5.41) is 8.90. The van der Waals surface area contributed by atoms with E-state index >= 15 is 0 Å². The first kappa shape index (κ1) is 16.4. The van der Waals surface area contributed by atoms with Crippen molar-refractivity contribution < 1.29 is 24.2 Å². The Bertz CT molecular complexity index is 266. The third-order valence-corrected chi connectivity index (χ3v) is 1.90. The first-order valence-corrected chi connectivity index (χ1v) is 5.78. The molecule has 0 rings (SSSR count). The molecule has 0 unspecified atom stereocenters. The zero-order valence-corrected chi connectivity index (χ0v) is 10.5. The topological polar surface area (TPSA) is 87.9 Å². The second kappa shape index (κ2) is 11.8. The lowest BCUT2D eigenvalue weighted by Gasteiger charge is -2.05. The normalized spacial score (nSPS) is 10.5. The molecular formula is C11H19NO6. The molecule has 0 aliphatic rings. The Labute approximate surface area is 106 Å². The van der Waals surface area contributed by atoms with E-state index in [1.54, 1.807) is 0 Å². The van der Waals surface area contributed by atoms with Gasteiger partial charge in [0.15, 0.2) is 0 Å². The molecule has 0 N–H and O–H groups in total. The van der Waals surface area contributed by atoms with Crippen molar-refractivity contribution in [1.29, 1.82) is 0 Å². The molecule has 0 spiro atoms. The lowest BCUT2D eigenvalue weighted by atomic mass is 10.2. The van der Waals surface area contributed by atoms with E-state index < -0.39 is 5.09 Å². The molecule has 0 aromatic rings. The fourth-order valence-corrected chi connectivity index (χ4v) is 1.09. The fourth-order valence-electron chi connectivity index (χ4n) is 1.09. The quantitative estimate of drug-likeness (QED) is 0.184. The van der Waals surface area contributed by atoms with E-state index in [-0.39, 0.29) is 32.4 Å². The number of hydrogen-bond acceptors (Lipinski definition) is 6. The van der Waals surface area contributed by atoms with Crippen LogP contribution in [-0.2, 0) is 19.1 Å². The minimum absolute atomic E-state index is 0.0970. The molecule has 0 heterocycles. The van der Waals surface area contributed by atoms with Crippen LogP contribution in [0, 0.1) is 10.1 Å². The molecule has 0 aliphatic heterocycles. The SMILES string of the molecule is C/C=C\CCCC(=O)OCCOCCO[N+](=O)[O-]. The standard InChI is InChI=1S/C11H19NO6/c1-2-3-4-5-6-11(13)17-9-7-16-8-10-18-12(14)15/h2-3H,4-10H2,1H3/b3-2-. The van der Waals surface area contributed by atoms with Gasteiger partial charge in [-0.2, -0.15) is 0 Å². The minimum Gasteiger partial charge on any atom is -0.463 e. The molecule has 7 heteroatoms. The Hall–Kier alpha value is -1.63. The molecule has 0 bridgehead atoms. The van der Waals surface area contributed by atoms with Gasteiger partial charge in [-0.3, -0.25) is 4.79 Å². The van der Waals surface area contributed by atoms with E-state index in [4.69, 9.17) is 9.47 Å². The highest BCUT2D eigenvalue weighted by Gasteiger charge is 2.01. The highest BCUT2D eigenvalue weighted by Crippen LogP contribution is 1.98. The smallest absolute Gasteiger partial charge is 0.305 e. The van der Waals surface area contributed by atoms with Gasteiger partial charge in [0, 0.05) is 6.42 Å². The third-order valence-electron chi connectivity index (χ3n) is 1.90. The van der Waals surface area contributed by atoms with Crippen molar-refractivity contribution in [3.63, 3.8) is 0 Å². The average molecular weight is 261 g/mol. The van der Waals surface area contributed by atoms with Gasteiger partial charge in [-0.05, 0) is 19.8 Å². The van der Waals surface area contributed by atoms with Crippen LogP contribution < -0.4 is 0 Å². The van der Waals surface area contributed by atoms with Gasteiger partial charge in [0.1, 0.15) is 13.2 Å². The number of nitrogens with zero attached hydrogens (tertiary/aromatic N) is 1. The number of carbonyl (C=O) groups excluding carboxylic acids is 1. The summed E-state index contributed by atoms with van der Waals surface area (Å²) in [6.07, 6.45) is 5.94. The molecular weight excluding hydrogens is 242 g/mol. The molecule has 0 aromatic heterocycles. The van der Waals surface area contributed by atoms with E-state index in [2.05, 4.69) is 4.84 Å². The van der Waals surface area contributed by atoms with Gasteiger partial charge in [0.25, 0.3) is 5.09 Å². The second-order valence-corrected chi connectivity index (χ2v) is 3.35. The first-order chi connectivity index (χ1) is 8.66. The average Bonchev–Trinajstić information content (AvgIpc) is 2.33. The van der Waals surface area contributed by atoms with Crippen LogP contribution in [0.1, 0.15) is 26.2 Å². The lowest BCUT2D eigenvalue weighted by molar-refractivity contribution is -0.758. The molecule has 18 heavy (non-hydrogen) atoms. The Kier molecular flexibility index (Phi) is 10.8. The van der Waals surface area contributed by atoms with E-state index in [1.165, 1.54) is 0 Å². The van der Waals surface area contributed by atoms with Crippen LogP contribution in [0.15, 0.2) is 12.2 Å². The van der Waals surface area contributed by atoms with Crippen LogP contribution in [0.25, 0.3) is 0 Å². The maximum absolute atomic E-state index is 11.2. The van der Waals surface area contributed by atoms with Crippen LogP contribution >= 0.6 is 0 Å². The summed E-state index contributed by atoms with van der Waals surface area (Å²) in [7, 11) is 0. The van der Waals surface area contributed by atoms with Crippen molar-refractivity contribution in [1.82, 2.24) is 0 Å². The number of allylic oxidation sites excluding steroid dienone is 2. The van der Waals surface area contributed by atoms with Crippen LogP contribution in [0.2, 0.25) is 0 Å². The number of unbranched alkanes of at least 4 members (excludes halogenated alkanes) is 1. The number of carbonyl (C=O) groups is 1. The van der Waals surface area contributed by atoms with Crippen molar-refractivity contribution in [3.05, 3.63) is 22.3 Å². The van der Waals surface area contributed by atoms with Gasteiger partial charge in [-0.1, -0.05) is 12.2 Å². The lowest BCUT2D eigenvalue weighted by Crippen LogP contribution is -2.13. The maximum Gasteiger partial charge on any atom is 0.305 e. The molecule has 0 aliphatic carbocycles. The number of hydrogen-bond donors (Lipinski definition) is 0. The molecule has 0 amide bonds. The predicted molar refractivity (Wildman–Crippen MR) is 63.4 cm³/mol. The zero-order valence-electron chi connectivity index (χ0n) is 10.5. The Morgan fingerprint density at radius 1 is 1.28 bits per heavy atom. The summed E-state index contributed by atoms with van der Waals surface area (Å²) in [6, 6.07) is 0. The summed E-state index contributed by atoms with van der Waals surface area (Å²) >= 11 is 0. The summed E-state index contributed by atoms with van der Waals surface area (Å²) < 4.78 is 9.85. The predicted octanol–water partition coefficient (Wildman–Crippen LogP) is 1.50. The van der Waals surface area contributed by atoms with Gasteiger partial charge in [0.2, 0.25) is 0 Å². The van der Waals surface area contributed by atoms with Crippen molar-refractivity contribution in [2.75, 3.05) is 26.4 Å². The molecule has 0 saturated heterocycles. The van der Waals surface area contributed by atoms with Crippen molar-refractivity contribution in [2.24, 2.45) is 0 Å². The van der Waals surface area contributed by atoms with E-state index in [0.29, 0.717) is 6.42 Å². The fraction of sp³-hybridized carbons (Fsp3) is 0.727. The summed E-state index contributed by atoms with van der Waals surface area (Å²) in [5.41, 5.74) is 0. The summed E-state index contributed by atoms with van der Waals surface area (Å²) in [4.78, 5) is 25.0. The Morgan fingerprint density at radius 3 is 2.67 bits per heavy atom. The Balaban J connectivity index is 3.22. The molecule has 7 nitrogen and oxygen atoms in total. The van der Waals surface area contributed by atoms with Crippen LogP contribution in [0.4, 0.5) is 0 Å².